The molecule has 2 aliphatic heterocycles. The summed E-state index contributed by atoms with van der Waals surface area (Å²) in [6.07, 6.45) is 0.752. The standard InChI is InChI=1S/C34H35ClFN7O6.2H2/c1-20(42(28-12-9-24(48-2)19-29(28)49-3)34(47)37-23-7-5-22(36)6-8-23)31-39-26-10-4-21(35)18-25(26)32(45)43(31)41-16-14-40(15-17-41)33(46)27-11-13-30(44)38-27;;/h4-10,12,18-20,27H,11,13-17H2,1-3H3,(H,37,47)(H,38,44);2*1H/t20?,27-;;/m0../s1. The van der Waals surface area contributed by atoms with Crippen molar-refractivity contribution in [1.82, 2.24) is 19.9 Å². The Kier molecular flexibility index (Phi) is 9.58. The van der Waals surface area contributed by atoms with Crippen molar-refractivity contribution in [3.8, 4) is 11.5 Å². The van der Waals surface area contributed by atoms with E-state index in [1.54, 1.807) is 53.2 Å². The van der Waals surface area contributed by atoms with Gasteiger partial charge in [0.2, 0.25) is 11.8 Å². The van der Waals surface area contributed by atoms with Crippen LogP contribution in [0.2, 0.25) is 5.02 Å². The van der Waals surface area contributed by atoms with Crippen molar-refractivity contribution in [2.45, 2.75) is 31.8 Å². The van der Waals surface area contributed by atoms with Crippen LogP contribution in [0.3, 0.4) is 0 Å². The molecule has 0 bridgehead atoms. The molecule has 13 nitrogen and oxygen atoms in total. The highest BCUT2D eigenvalue weighted by Gasteiger charge is 2.35. The van der Waals surface area contributed by atoms with Gasteiger partial charge >= 0.3 is 6.03 Å². The van der Waals surface area contributed by atoms with Gasteiger partial charge in [0.1, 0.15) is 23.4 Å². The zero-order chi connectivity index (χ0) is 34.8. The molecule has 3 heterocycles. The lowest BCUT2D eigenvalue weighted by Gasteiger charge is -2.39. The Hall–Kier alpha value is -5.37. The number of fused-ring (bicyclic) bond motifs is 1. The van der Waals surface area contributed by atoms with Gasteiger partial charge in [-0.2, -0.15) is 0 Å². The molecule has 2 atom stereocenters. The maximum Gasteiger partial charge on any atom is 0.327 e. The number of carbonyl (C=O) groups is 3. The Morgan fingerprint density at radius 3 is 2.43 bits per heavy atom. The van der Waals surface area contributed by atoms with E-state index in [2.05, 4.69) is 10.6 Å². The highest BCUT2D eigenvalue weighted by Crippen LogP contribution is 2.37. The smallest absolute Gasteiger partial charge is 0.327 e. The van der Waals surface area contributed by atoms with Crippen LogP contribution in [0.1, 0.15) is 34.5 Å². The molecule has 0 saturated carbocycles. The molecule has 4 amide bonds. The predicted molar refractivity (Wildman–Crippen MR) is 187 cm³/mol. The maximum absolute atomic E-state index is 14.3. The Labute approximate surface area is 289 Å². The van der Waals surface area contributed by atoms with Crippen LogP contribution in [0.4, 0.5) is 20.6 Å². The first-order valence-electron chi connectivity index (χ1n) is 15.7. The number of halogens is 2. The summed E-state index contributed by atoms with van der Waals surface area (Å²) in [6, 6.07) is 13.1. The molecule has 2 saturated heterocycles. The number of methoxy groups -OCH3 is 2. The average molecular weight is 696 g/mol. The fourth-order valence-corrected chi connectivity index (χ4v) is 6.33. The summed E-state index contributed by atoms with van der Waals surface area (Å²) in [6.45, 7) is 2.86. The number of aromatic nitrogens is 2. The summed E-state index contributed by atoms with van der Waals surface area (Å²) in [5.74, 6) is 0.270. The van der Waals surface area contributed by atoms with Crippen molar-refractivity contribution in [2.24, 2.45) is 0 Å². The number of hydrogen-bond acceptors (Lipinski definition) is 8. The van der Waals surface area contributed by atoms with Gasteiger partial charge in [-0.05, 0) is 67.9 Å². The topological polar surface area (TPSA) is 138 Å². The molecule has 0 aliphatic carbocycles. The number of hydrogen-bond donors (Lipinski definition) is 2. The molecule has 6 rings (SSSR count). The molecule has 1 aromatic heterocycles. The first kappa shape index (κ1) is 33.5. The molecule has 49 heavy (non-hydrogen) atoms. The number of ether oxygens (including phenoxy) is 2. The van der Waals surface area contributed by atoms with Crippen LogP contribution in [-0.4, -0.2) is 78.8 Å². The third kappa shape index (κ3) is 6.81. The van der Waals surface area contributed by atoms with E-state index in [1.807, 2.05) is 0 Å². The summed E-state index contributed by atoms with van der Waals surface area (Å²) in [5.41, 5.74) is 0.659. The molecular weight excluding hydrogens is 657 g/mol. The Morgan fingerprint density at radius 1 is 1.04 bits per heavy atom. The molecule has 2 N–H and O–H groups in total. The number of anilines is 2. The number of amides is 4. The number of carbonyl (C=O) groups excluding carboxylic acids is 3. The minimum Gasteiger partial charge on any atom is -0.497 e. The van der Waals surface area contributed by atoms with E-state index in [1.165, 1.54) is 48.1 Å². The number of nitrogens with zero attached hydrogens (tertiary/aromatic N) is 5. The van der Waals surface area contributed by atoms with Gasteiger partial charge in [-0.1, -0.05) is 11.6 Å². The summed E-state index contributed by atoms with van der Waals surface area (Å²) in [5, 5.41) is 7.97. The largest absolute Gasteiger partial charge is 0.497 e. The van der Waals surface area contributed by atoms with Crippen molar-refractivity contribution in [3.63, 3.8) is 0 Å². The van der Waals surface area contributed by atoms with Crippen LogP contribution >= 0.6 is 11.6 Å². The van der Waals surface area contributed by atoms with Crippen molar-refractivity contribution in [3.05, 3.63) is 87.7 Å². The van der Waals surface area contributed by atoms with Crippen molar-refractivity contribution in [2.75, 3.05) is 55.6 Å². The number of nitrogens with one attached hydrogen (secondary N) is 2. The Balaban J connectivity index is 0.00000292. The summed E-state index contributed by atoms with van der Waals surface area (Å²) in [4.78, 5) is 61.4. The van der Waals surface area contributed by atoms with Crippen molar-refractivity contribution < 1.29 is 31.1 Å². The lowest BCUT2D eigenvalue weighted by molar-refractivity contribution is -0.134. The molecule has 2 fully saturated rings. The van der Waals surface area contributed by atoms with Crippen LogP contribution in [-0.2, 0) is 9.59 Å². The SMILES string of the molecule is COc1ccc(N(C(=O)Nc2ccc(F)cc2)C(C)c2nc3ccc(Cl)cc3c(=O)n2N2CCN(C(=O)[C@@H]3CCC(=O)N3)CC2)c(OC)c1.[HH].[HH]. The molecule has 1 unspecified atom stereocenters. The summed E-state index contributed by atoms with van der Waals surface area (Å²) >= 11 is 6.30. The van der Waals surface area contributed by atoms with E-state index in [0.29, 0.717) is 59.3 Å². The normalized spacial score (nSPS) is 16.7. The highest BCUT2D eigenvalue weighted by atomic mass is 35.5. The Bertz CT molecular complexity index is 1980. The van der Waals surface area contributed by atoms with Gasteiger partial charge in [0, 0.05) is 39.1 Å². The fraction of sp³-hybridized carbons (Fsp3) is 0.324. The first-order valence-corrected chi connectivity index (χ1v) is 16.1. The van der Waals surface area contributed by atoms with Crippen LogP contribution in [0.5, 0.6) is 11.5 Å². The van der Waals surface area contributed by atoms with Crippen LogP contribution in [0.25, 0.3) is 10.9 Å². The van der Waals surface area contributed by atoms with Crippen LogP contribution < -0.4 is 35.6 Å². The van der Waals surface area contributed by atoms with Gasteiger partial charge in [0.05, 0.1) is 49.9 Å². The second kappa shape index (κ2) is 14.0. The van der Waals surface area contributed by atoms with E-state index >= 15 is 0 Å². The highest BCUT2D eigenvalue weighted by molar-refractivity contribution is 6.31. The molecule has 4 aromatic rings. The quantitative estimate of drug-likeness (QED) is 0.274. The first-order chi connectivity index (χ1) is 23.6. The summed E-state index contributed by atoms with van der Waals surface area (Å²) < 4.78 is 26.2. The number of benzene rings is 3. The van der Waals surface area contributed by atoms with Gasteiger partial charge < -0.3 is 30.0 Å². The van der Waals surface area contributed by atoms with E-state index < -0.39 is 29.5 Å². The van der Waals surface area contributed by atoms with Gasteiger partial charge in [-0.15, -0.1) is 0 Å². The molecule has 15 heteroatoms. The average Bonchev–Trinajstić information content (AvgIpc) is 3.55. The number of urea groups is 1. The second-order valence-corrected chi connectivity index (χ2v) is 12.1. The van der Waals surface area contributed by atoms with E-state index in [4.69, 9.17) is 26.1 Å². The lowest BCUT2D eigenvalue weighted by atomic mass is 10.1. The maximum atomic E-state index is 14.3. The van der Waals surface area contributed by atoms with Crippen LogP contribution in [0, 0.1) is 5.82 Å². The third-order valence-corrected chi connectivity index (χ3v) is 8.93. The molecule has 0 spiro atoms. The van der Waals surface area contributed by atoms with Gasteiger partial charge in [0.15, 0.2) is 5.82 Å². The minimum atomic E-state index is -0.899. The van der Waals surface area contributed by atoms with E-state index in [0.717, 1.165) is 0 Å². The molecule has 3 aromatic carbocycles. The van der Waals surface area contributed by atoms with E-state index in [-0.39, 0.29) is 39.0 Å². The second-order valence-electron chi connectivity index (χ2n) is 11.7. The number of rotatable bonds is 8. The monoisotopic (exact) mass is 695 g/mol. The minimum absolute atomic E-state index is 0. The van der Waals surface area contributed by atoms with Crippen molar-refractivity contribution in [1.29, 1.82) is 0 Å². The fourth-order valence-electron chi connectivity index (χ4n) is 6.16. The Morgan fingerprint density at radius 2 is 1.78 bits per heavy atom. The van der Waals surface area contributed by atoms with Gasteiger partial charge in [-0.3, -0.25) is 19.3 Å². The zero-order valence-corrected chi connectivity index (χ0v) is 27.9. The van der Waals surface area contributed by atoms with Crippen LogP contribution in [0.15, 0.2) is 65.5 Å². The zero-order valence-electron chi connectivity index (χ0n) is 27.1. The number of piperazine rings is 1. The molecule has 0 radical (unpaired) electrons. The summed E-state index contributed by atoms with van der Waals surface area (Å²) in [7, 11) is 2.97. The molecule has 260 valence electrons. The predicted octanol–water partition coefficient (Wildman–Crippen LogP) is 4.56. The van der Waals surface area contributed by atoms with Crippen molar-refractivity contribution >= 4 is 51.7 Å². The lowest BCUT2D eigenvalue weighted by Crippen LogP contribution is -2.58. The molecule has 2 aliphatic rings. The van der Waals surface area contributed by atoms with Gasteiger partial charge in [-0.25, -0.2) is 18.8 Å². The molecular formula is C34H39ClFN7O6. The van der Waals surface area contributed by atoms with Gasteiger partial charge in [0.25, 0.3) is 5.56 Å². The van der Waals surface area contributed by atoms with E-state index in [9.17, 15) is 23.6 Å². The third-order valence-electron chi connectivity index (χ3n) is 8.70.